The van der Waals surface area contributed by atoms with E-state index in [9.17, 15) is 4.79 Å². The molecule has 1 aliphatic heterocycles. The Morgan fingerprint density at radius 1 is 1.33 bits per heavy atom. The number of carbonyl (C=O) groups is 1. The average molecular weight is 355 g/mol. The number of pyridine rings is 1. The van der Waals surface area contributed by atoms with Crippen molar-refractivity contribution < 1.29 is 4.79 Å². The lowest BCUT2D eigenvalue weighted by Gasteiger charge is -2.33. The van der Waals surface area contributed by atoms with Gasteiger partial charge in [0, 0.05) is 17.6 Å². The average Bonchev–Trinajstić information content (AvgIpc) is 3.22. The normalized spacial score (nSPS) is 16.9. The maximum absolute atomic E-state index is 13.1. The molecule has 1 amide bonds. The third kappa shape index (κ3) is 2.56. The van der Waals surface area contributed by atoms with E-state index in [1.165, 1.54) is 21.8 Å². The zero-order valence-corrected chi connectivity index (χ0v) is 15.2. The Balaban J connectivity index is 1.65. The van der Waals surface area contributed by atoms with Crippen LogP contribution in [-0.2, 0) is 6.42 Å². The van der Waals surface area contributed by atoms with Crippen LogP contribution in [0.15, 0.2) is 35.8 Å². The third-order valence-corrected chi connectivity index (χ3v) is 6.58. The summed E-state index contributed by atoms with van der Waals surface area (Å²) in [5.41, 5.74) is 2.89. The number of hydrogen-bond acceptors (Lipinski definition) is 5. The first kappa shape index (κ1) is 15.5. The Bertz CT molecular complexity index is 885. The van der Waals surface area contributed by atoms with Gasteiger partial charge in [0.05, 0.1) is 17.4 Å². The molecule has 24 heavy (non-hydrogen) atoms. The van der Waals surface area contributed by atoms with Crippen molar-refractivity contribution in [3.05, 3.63) is 56.9 Å². The van der Waals surface area contributed by atoms with E-state index < -0.39 is 0 Å². The number of carbonyl (C=O) groups excluding carboxylic acids is 1. The summed E-state index contributed by atoms with van der Waals surface area (Å²) in [5.74, 6) is 0.0801. The molecular formula is C18H17N3OS2. The van der Waals surface area contributed by atoms with Gasteiger partial charge in [0.1, 0.15) is 9.88 Å². The number of aromatic nitrogens is 2. The summed E-state index contributed by atoms with van der Waals surface area (Å²) in [6.07, 6.45) is 2.69. The highest BCUT2D eigenvalue weighted by molar-refractivity contribution is 7.17. The van der Waals surface area contributed by atoms with Gasteiger partial charge < -0.3 is 4.90 Å². The van der Waals surface area contributed by atoms with E-state index in [0.29, 0.717) is 0 Å². The molecule has 3 aromatic rings. The lowest BCUT2D eigenvalue weighted by molar-refractivity contribution is 0.0683. The van der Waals surface area contributed by atoms with Gasteiger partial charge in [0.25, 0.3) is 5.91 Å². The largest absolute Gasteiger partial charge is 0.331 e. The van der Waals surface area contributed by atoms with Crippen LogP contribution in [0.4, 0.5) is 0 Å². The summed E-state index contributed by atoms with van der Waals surface area (Å²) in [6, 6.07) is 8.00. The molecule has 1 aliphatic rings. The van der Waals surface area contributed by atoms with E-state index in [4.69, 9.17) is 0 Å². The van der Waals surface area contributed by atoms with Crippen molar-refractivity contribution in [3.63, 3.8) is 0 Å². The molecule has 4 rings (SSSR count). The van der Waals surface area contributed by atoms with E-state index >= 15 is 0 Å². The summed E-state index contributed by atoms with van der Waals surface area (Å²) in [5, 5.41) is 2.92. The fourth-order valence-corrected chi connectivity index (χ4v) is 5.07. The van der Waals surface area contributed by atoms with E-state index in [-0.39, 0.29) is 11.9 Å². The fraction of sp³-hybridized carbons (Fsp3) is 0.278. The van der Waals surface area contributed by atoms with E-state index in [2.05, 4.69) is 28.3 Å². The SMILES string of the molecule is Cc1nc(-c2ccccn2)sc1C(=O)N1CCc2sccc2C1C. The van der Waals surface area contributed by atoms with Crippen LogP contribution in [0, 0.1) is 6.92 Å². The van der Waals surface area contributed by atoms with Crippen LogP contribution >= 0.6 is 22.7 Å². The smallest absolute Gasteiger partial charge is 0.266 e. The molecule has 0 fully saturated rings. The number of rotatable bonds is 2. The molecule has 0 saturated carbocycles. The summed E-state index contributed by atoms with van der Waals surface area (Å²) < 4.78 is 0. The van der Waals surface area contributed by atoms with Gasteiger partial charge in [-0.3, -0.25) is 9.78 Å². The minimum Gasteiger partial charge on any atom is -0.331 e. The molecule has 0 radical (unpaired) electrons. The quantitative estimate of drug-likeness (QED) is 0.687. The molecule has 0 aliphatic carbocycles. The maximum atomic E-state index is 13.1. The van der Waals surface area contributed by atoms with Crippen molar-refractivity contribution in [2.45, 2.75) is 26.3 Å². The predicted octanol–water partition coefficient (Wildman–Crippen LogP) is 4.33. The molecule has 1 unspecified atom stereocenters. The number of thiophene rings is 1. The lowest BCUT2D eigenvalue weighted by atomic mass is 10.0. The standard InChI is InChI=1S/C18H17N3OS2/c1-11-16(24-17(20-11)14-5-3-4-8-19-14)18(22)21-9-6-15-13(12(21)2)7-10-23-15/h3-5,7-8,10,12H,6,9H2,1-2H3. The van der Waals surface area contributed by atoms with Crippen LogP contribution in [-0.4, -0.2) is 27.3 Å². The predicted molar refractivity (Wildman–Crippen MR) is 97.6 cm³/mol. The molecule has 1 atom stereocenters. The molecule has 4 nitrogen and oxygen atoms in total. The number of amides is 1. The minimum atomic E-state index is 0.0801. The van der Waals surface area contributed by atoms with Crippen molar-refractivity contribution in [3.8, 4) is 10.7 Å². The second-order valence-electron chi connectivity index (χ2n) is 5.87. The first-order valence-corrected chi connectivity index (χ1v) is 9.61. The molecule has 0 saturated heterocycles. The molecule has 3 aromatic heterocycles. The van der Waals surface area contributed by atoms with Crippen LogP contribution in [0.2, 0.25) is 0 Å². The molecular weight excluding hydrogens is 338 g/mol. The van der Waals surface area contributed by atoms with E-state index in [1.54, 1.807) is 17.5 Å². The van der Waals surface area contributed by atoms with Crippen LogP contribution in [0.5, 0.6) is 0 Å². The van der Waals surface area contributed by atoms with Gasteiger partial charge in [-0.05, 0) is 49.4 Å². The monoisotopic (exact) mass is 355 g/mol. The molecule has 0 aromatic carbocycles. The van der Waals surface area contributed by atoms with Gasteiger partial charge in [0.15, 0.2) is 0 Å². The summed E-state index contributed by atoms with van der Waals surface area (Å²) in [7, 11) is 0. The highest BCUT2D eigenvalue weighted by atomic mass is 32.1. The van der Waals surface area contributed by atoms with Crippen molar-refractivity contribution in [2.75, 3.05) is 6.54 Å². The number of fused-ring (bicyclic) bond motifs is 1. The Morgan fingerprint density at radius 2 is 2.21 bits per heavy atom. The second kappa shape index (κ2) is 6.11. The Labute approximate surface area is 148 Å². The first-order chi connectivity index (χ1) is 11.6. The van der Waals surface area contributed by atoms with Crippen molar-refractivity contribution >= 4 is 28.6 Å². The Hall–Kier alpha value is -2.05. The molecule has 0 N–H and O–H groups in total. The topological polar surface area (TPSA) is 46.1 Å². The van der Waals surface area contributed by atoms with Crippen LogP contribution in [0.3, 0.4) is 0 Å². The minimum absolute atomic E-state index is 0.0801. The Morgan fingerprint density at radius 3 is 3.00 bits per heavy atom. The molecule has 4 heterocycles. The first-order valence-electron chi connectivity index (χ1n) is 7.91. The lowest BCUT2D eigenvalue weighted by Crippen LogP contribution is -2.38. The van der Waals surface area contributed by atoms with Crippen molar-refractivity contribution in [1.29, 1.82) is 0 Å². The van der Waals surface area contributed by atoms with E-state index in [1.807, 2.05) is 30.0 Å². The zero-order chi connectivity index (χ0) is 16.7. The summed E-state index contributed by atoms with van der Waals surface area (Å²) >= 11 is 3.22. The van der Waals surface area contributed by atoms with Gasteiger partial charge in [-0.2, -0.15) is 0 Å². The van der Waals surface area contributed by atoms with Gasteiger partial charge in [-0.25, -0.2) is 4.98 Å². The van der Waals surface area contributed by atoms with Gasteiger partial charge in [-0.15, -0.1) is 22.7 Å². The van der Waals surface area contributed by atoms with Crippen LogP contribution in [0.1, 0.15) is 38.8 Å². The highest BCUT2D eigenvalue weighted by Crippen LogP contribution is 2.35. The fourth-order valence-electron chi connectivity index (χ4n) is 3.11. The van der Waals surface area contributed by atoms with Crippen LogP contribution < -0.4 is 0 Å². The molecule has 122 valence electrons. The van der Waals surface area contributed by atoms with Gasteiger partial charge >= 0.3 is 0 Å². The van der Waals surface area contributed by atoms with Gasteiger partial charge in [0.2, 0.25) is 0 Å². The van der Waals surface area contributed by atoms with Crippen molar-refractivity contribution in [1.82, 2.24) is 14.9 Å². The molecule has 6 heteroatoms. The maximum Gasteiger partial charge on any atom is 0.266 e. The molecule has 0 spiro atoms. The van der Waals surface area contributed by atoms with Crippen molar-refractivity contribution in [2.24, 2.45) is 0 Å². The highest BCUT2D eigenvalue weighted by Gasteiger charge is 2.31. The third-order valence-electron chi connectivity index (χ3n) is 4.41. The number of thiazole rings is 1. The number of aryl methyl sites for hydroxylation is 1. The second-order valence-corrected chi connectivity index (χ2v) is 7.87. The van der Waals surface area contributed by atoms with Crippen LogP contribution in [0.25, 0.3) is 10.7 Å². The number of hydrogen-bond donors (Lipinski definition) is 0. The summed E-state index contributed by atoms with van der Waals surface area (Å²) in [4.78, 5) is 26.1. The Kier molecular flexibility index (Phi) is 3.94. The number of nitrogens with zero attached hydrogens (tertiary/aromatic N) is 3. The molecule has 0 bridgehead atoms. The van der Waals surface area contributed by atoms with Gasteiger partial charge in [-0.1, -0.05) is 6.07 Å². The summed E-state index contributed by atoms with van der Waals surface area (Å²) in [6.45, 7) is 4.78. The zero-order valence-electron chi connectivity index (χ0n) is 13.5. The van der Waals surface area contributed by atoms with E-state index in [0.717, 1.165) is 34.2 Å².